The average molecular weight is 135 g/mol. The van der Waals surface area contributed by atoms with Crippen LogP contribution in [0.2, 0.25) is 0 Å². The van der Waals surface area contributed by atoms with Gasteiger partial charge in [-0.2, -0.15) is 0 Å². The quantitative estimate of drug-likeness (QED) is 0.545. The van der Waals surface area contributed by atoms with Crippen molar-refractivity contribution in [3.63, 3.8) is 0 Å². The molecule has 0 atom stereocenters. The van der Waals surface area contributed by atoms with E-state index < -0.39 is 0 Å². The smallest absolute Gasteiger partial charge is 0.191 e. The minimum Gasteiger partial charge on any atom is -0.446 e. The molecule has 0 saturated heterocycles. The first-order valence-corrected chi connectivity index (χ1v) is 3.10. The molecule has 52 valence electrons. The summed E-state index contributed by atoms with van der Waals surface area (Å²) in [5, 5.41) is 0. The van der Waals surface area contributed by atoms with Gasteiger partial charge in [-0.1, -0.05) is 0 Å². The molecule has 1 heterocycles. The number of terminal acetylenes is 1. The lowest BCUT2D eigenvalue weighted by molar-refractivity contribution is 0.493. The SMILES string of the molecule is C#CCc1nc(C)oc1C. The molecule has 0 saturated carbocycles. The Balaban J connectivity index is 2.94. The predicted octanol–water partition coefficient (Wildman–Crippen LogP) is 1.47. The summed E-state index contributed by atoms with van der Waals surface area (Å²) in [6, 6.07) is 0. The first kappa shape index (κ1) is 6.88. The zero-order chi connectivity index (χ0) is 7.56. The van der Waals surface area contributed by atoms with Crippen molar-refractivity contribution in [2.45, 2.75) is 20.3 Å². The second-order valence-corrected chi connectivity index (χ2v) is 2.12. The monoisotopic (exact) mass is 135 g/mol. The van der Waals surface area contributed by atoms with E-state index in [1.165, 1.54) is 0 Å². The normalized spacial score (nSPS) is 9.30. The predicted molar refractivity (Wildman–Crippen MR) is 38.5 cm³/mol. The number of rotatable bonds is 1. The molecular formula is C8H9NO. The lowest BCUT2D eigenvalue weighted by Crippen LogP contribution is -1.83. The summed E-state index contributed by atoms with van der Waals surface area (Å²) in [4.78, 5) is 4.09. The van der Waals surface area contributed by atoms with E-state index in [4.69, 9.17) is 10.8 Å². The van der Waals surface area contributed by atoms with E-state index in [1.54, 1.807) is 0 Å². The highest BCUT2D eigenvalue weighted by atomic mass is 16.4. The van der Waals surface area contributed by atoms with Gasteiger partial charge in [-0.05, 0) is 6.92 Å². The molecule has 1 aromatic heterocycles. The number of oxazole rings is 1. The highest BCUT2D eigenvalue weighted by Gasteiger charge is 2.02. The molecule has 0 N–H and O–H groups in total. The Labute approximate surface area is 60.3 Å². The fraction of sp³-hybridized carbons (Fsp3) is 0.375. The van der Waals surface area contributed by atoms with Gasteiger partial charge in [-0.25, -0.2) is 4.98 Å². The molecule has 0 fully saturated rings. The fourth-order valence-electron chi connectivity index (χ4n) is 0.833. The van der Waals surface area contributed by atoms with Gasteiger partial charge in [0.05, 0.1) is 12.1 Å². The molecule has 0 aliphatic rings. The van der Waals surface area contributed by atoms with Gasteiger partial charge in [-0.15, -0.1) is 12.3 Å². The molecular weight excluding hydrogens is 126 g/mol. The lowest BCUT2D eigenvalue weighted by Gasteiger charge is -1.83. The Kier molecular flexibility index (Phi) is 1.77. The van der Waals surface area contributed by atoms with Crippen LogP contribution in [-0.4, -0.2) is 4.98 Å². The maximum atomic E-state index is 5.16. The van der Waals surface area contributed by atoms with Crippen molar-refractivity contribution in [2.24, 2.45) is 0 Å². The zero-order valence-corrected chi connectivity index (χ0v) is 6.14. The van der Waals surface area contributed by atoms with E-state index >= 15 is 0 Å². The van der Waals surface area contributed by atoms with E-state index in [9.17, 15) is 0 Å². The molecule has 0 amide bonds. The third-order valence-corrected chi connectivity index (χ3v) is 1.27. The number of nitrogens with zero attached hydrogens (tertiary/aromatic N) is 1. The van der Waals surface area contributed by atoms with Crippen LogP contribution in [0.25, 0.3) is 0 Å². The van der Waals surface area contributed by atoms with E-state index in [1.807, 2.05) is 13.8 Å². The second kappa shape index (κ2) is 2.57. The van der Waals surface area contributed by atoms with Crippen LogP contribution in [0.5, 0.6) is 0 Å². The average Bonchev–Trinajstić information content (AvgIpc) is 2.13. The first-order chi connectivity index (χ1) is 4.74. The van der Waals surface area contributed by atoms with Gasteiger partial charge in [0.15, 0.2) is 5.89 Å². The molecule has 0 radical (unpaired) electrons. The third-order valence-electron chi connectivity index (χ3n) is 1.27. The maximum absolute atomic E-state index is 5.16. The Morgan fingerprint density at radius 3 is 2.70 bits per heavy atom. The van der Waals surface area contributed by atoms with Gasteiger partial charge in [-0.3, -0.25) is 0 Å². The van der Waals surface area contributed by atoms with Crippen LogP contribution in [0, 0.1) is 26.2 Å². The summed E-state index contributed by atoms with van der Waals surface area (Å²) in [6.45, 7) is 3.68. The van der Waals surface area contributed by atoms with Crippen molar-refractivity contribution in [3.8, 4) is 12.3 Å². The van der Waals surface area contributed by atoms with Gasteiger partial charge in [0, 0.05) is 6.92 Å². The minimum atomic E-state index is 0.559. The maximum Gasteiger partial charge on any atom is 0.191 e. The molecule has 0 spiro atoms. The van der Waals surface area contributed by atoms with E-state index in [0.29, 0.717) is 12.3 Å². The van der Waals surface area contributed by atoms with Gasteiger partial charge >= 0.3 is 0 Å². The van der Waals surface area contributed by atoms with Crippen LogP contribution in [0.1, 0.15) is 17.3 Å². The summed E-state index contributed by atoms with van der Waals surface area (Å²) < 4.78 is 5.16. The minimum absolute atomic E-state index is 0.559. The van der Waals surface area contributed by atoms with Crippen molar-refractivity contribution in [3.05, 3.63) is 17.3 Å². The van der Waals surface area contributed by atoms with Crippen LogP contribution in [0.15, 0.2) is 4.42 Å². The van der Waals surface area contributed by atoms with Gasteiger partial charge in [0.2, 0.25) is 0 Å². The Bertz CT molecular complexity index is 267. The second-order valence-electron chi connectivity index (χ2n) is 2.12. The standard InChI is InChI=1S/C8H9NO/c1-4-5-8-6(2)10-7(3)9-8/h1H,5H2,2-3H3. The molecule has 0 aromatic carbocycles. The number of hydrogen-bond donors (Lipinski definition) is 0. The fourth-order valence-corrected chi connectivity index (χ4v) is 0.833. The van der Waals surface area contributed by atoms with E-state index in [-0.39, 0.29) is 0 Å². The van der Waals surface area contributed by atoms with Crippen molar-refractivity contribution < 1.29 is 4.42 Å². The molecule has 10 heavy (non-hydrogen) atoms. The molecule has 2 heteroatoms. The first-order valence-electron chi connectivity index (χ1n) is 3.10. The van der Waals surface area contributed by atoms with E-state index in [0.717, 1.165) is 11.5 Å². The third kappa shape index (κ3) is 1.19. The summed E-state index contributed by atoms with van der Waals surface area (Å²) in [6.07, 6.45) is 5.67. The van der Waals surface area contributed by atoms with Crippen LogP contribution in [0.3, 0.4) is 0 Å². The molecule has 0 aliphatic carbocycles. The van der Waals surface area contributed by atoms with Crippen LogP contribution >= 0.6 is 0 Å². The highest BCUT2D eigenvalue weighted by molar-refractivity contribution is 5.13. The molecule has 2 nitrogen and oxygen atoms in total. The molecule has 0 unspecified atom stereocenters. The topological polar surface area (TPSA) is 26.0 Å². The number of hydrogen-bond acceptors (Lipinski definition) is 2. The van der Waals surface area contributed by atoms with Gasteiger partial charge in [0.25, 0.3) is 0 Å². The Morgan fingerprint density at radius 2 is 2.30 bits per heavy atom. The summed E-state index contributed by atoms with van der Waals surface area (Å²) in [5.74, 6) is 4.03. The largest absolute Gasteiger partial charge is 0.446 e. The van der Waals surface area contributed by atoms with Crippen LogP contribution in [0.4, 0.5) is 0 Å². The zero-order valence-electron chi connectivity index (χ0n) is 6.14. The molecule has 0 aliphatic heterocycles. The highest BCUT2D eigenvalue weighted by Crippen LogP contribution is 2.08. The number of aryl methyl sites for hydroxylation is 2. The lowest BCUT2D eigenvalue weighted by atomic mass is 10.3. The molecule has 0 bridgehead atoms. The van der Waals surface area contributed by atoms with Crippen molar-refractivity contribution in [1.29, 1.82) is 0 Å². The van der Waals surface area contributed by atoms with Crippen LogP contribution < -0.4 is 0 Å². The van der Waals surface area contributed by atoms with Crippen molar-refractivity contribution >= 4 is 0 Å². The number of aromatic nitrogens is 1. The molecule has 1 rings (SSSR count). The van der Waals surface area contributed by atoms with Crippen LogP contribution in [-0.2, 0) is 6.42 Å². The van der Waals surface area contributed by atoms with E-state index in [2.05, 4.69) is 10.9 Å². The summed E-state index contributed by atoms with van der Waals surface area (Å²) in [7, 11) is 0. The molecule has 1 aromatic rings. The van der Waals surface area contributed by atoms with Gasteiger partial charge in [0.1, 0.15) is 5.76 Å². The summed E-state index contributed by atoms with van der Waals surface area (Å²) >= 11 is 0. The van der Waals surface area contributed by atoms with Crippen molar-refractivity contribution in [1.82, 2.24) is 4.98 Å². The Hall–Kier alpha value is -1.23. The summed E-state index contributed by atoms with van der Waals surface area (Å²) in [5.41, 5.74) is 0.875. The van der Waals surface area contributed by atoms with Gasteiger partial charge < -0.3 is 4.42 Å². The Morgan fingerprint density at radius 1 is 1.60 bits per heavy atom. The van der Waals surface area contributed by atoms with Crippen molar-refractivity contribution in [2.75, 3.05) is 0 Å².